The second-order valence-electron chi connectivity index (χ2n) is 8.12. The van der Waals surface area contributed by atoms with Gasteiger partial charge in [-0.2, -0.15) is 0 Å². The number of hydrogen-bond acceptors (Lipinski definition) is 8. The quantitative estimate of drug-likeness (QED) is 0.481. The van der Waals surface area contributed by atoms with Crippen molar-refractivity contribution in [1.82, 2.24) is 4.90 Å². The van der Waals surface area contributed by atoms with Crippen LogP contribution in [0.4, 0.5) is 5.00 Å². The molecule has 3 heterocycles. The minimum absolute atomic E-state index is 0.0916. The Morgan fingerprint density at radius 3 is 2.70 bits per heavy atom. The number of Topliss-reactive ketones (excluding diaryl/α,β-unsaturated/α-hetero) is 1. The molecule has 33 heavy (non-hydrogen) atoms. The van der Waals surface area contributed by atoms with Crippen molar-refractivity contribution in [2.24, 2.45) is 0 Å². The first kappa shape index (κ1) is 23.3. The van der Waals surface area contributed by atoms with Gasteiger partial charge in [-0.25, -0.2) is 4.79 Å². The monoisotopic (exact) mass is 472 g/mol. The molecule has 0 bridgehead atoms. The lowest BCUT2D eigenvalue weighted by molar-refractivity contribution is -0.117. The van der Waals surface area contributed by atoms with Gasteiger partial charge in [0.15, 0.2) is 17.3 Å². The lowest BCUT2D eigenvalue weighted by Gasteiger charge is -2.26. The number of fused-ring (bicyclic) bond motifs is 1. The fraction of sp³-hybridized carbons (Fsp3) is 0.458. The second-order valence-corrected chi connectivity index (χ2v) is 9.14. The molecule has 1 amide bonds. The zero-order valence-electron chi connectivity index (χ0n) is 19.1. The lowest BCUT2D eigenvalue weighted by Crippen LogP contribution is -2.33. The second kappa shape index (κ2) is 9.93. The Labute approximate surface area is 196 Å². The van der Waals surface area contributed by atoms with Crippen molar-refractivity contribution in [2.45, 2.75) is 39.7 Å². The predicted molar refractivity (Wildman–Crippen MR) is 125 cm³/mol. The summed E-state index contributed by atoms with van der Waals surface area (Å²) in [5, 5.41) is 3.21. The number of amides is 1. The van der Waals surface area contributed by atoms with Crippen LogP contribution in [0.25, 0.3) is 0 Å². The predicted octanol–water partition coefficient (Wildman–Crippen LogP) is 3.98. The highest BCUT2D eigenvalue weighted by molar-refractivity contribution is 7.18. The number of nitrogens with one attached hydrogen (secondary N) is 1. The largest absolute Gasteiger partial charge is 0.486 e. The average Bonchev–Trinajstić information content (AvgIpc) is 3.37. The number of likely N-dealkylation sites (tertiary alicyclic amines) is 1. The fourth-order valence-electron chi connectivity index (χ4n) is 4.40. The lowest BCUT2D eigenvalue weighted by atomic mass is 10.0. The highest BCUT2D eigenvalue weighted by Crippen LogP contribution is 2.38. The third kappa shape index (κ3) is 4.89. The zero-order chi connectivity index (χ0) is 23.5. The van der Waals surface area contributed by atoms with Gasteiger partial charge in [0, 0.05) is 6.04 Å². The van der Waals surface area contributed by atoms with Crippen molar-refractivity contribution in [3.8, 4) is 11.5 Å². The van der Waals surface area contributed by atoms with Gasteiger partial charge in [0.05, 0.1) is 23.6 Å². The van der Waals surface area contributed by atoms with Crippen molar-refractivity contribution < 1.29 is 28.6 Å². The number of benzene rings is 1. The summed E-state index contributed by atoms with van der Waals surface area (Å²) in [6.45, 7) is 7.11. The highest BCUT2D eigenvalue weighted by Gasteiger charge is 2.30. The van der Waals surface area contributed by atoms with Crippen LogP contribution in [0.1, 0.15) is 63.9 Å². The van der Waals surface area contributed by atoms with Crippen molar-refractivity contribution >= 4 is 34.0 Å². The number of ether oxygens (including phenoxy) is 3. The van der Waals surface area contributed by atoms with E-state index in [0.29, 0.717) is 28.7 Å². The maximum absolute atomic E-state index is 13.0. The molecule has 2 aliphatic rings. The van der Waals surface area contributed by atoms with Gasteiger partial charge in [0.1, 0.15) is 18.2 Å². The molecule has 1 aromatic carbocycles. The van der Waals surface area contributed by atoms with Crippen LogP contribution in [0.15, 0.2) is 18.2 Å². The Balaban J connectivity index is 1.50. The van der Waals surface area contributed by atoms with Crippen molar-refractivity contribution in [3.05, 3.63) is 39.8 Å². The van der Waals surface area contributed by atoms with Crippen LogP contribution in [0.5, 0.6) is 11.5 Å². The number of rotatable bonds is 7. The smallest absolute Gasteiger partial charge is 0.341 e. The number of carbonyl (C=O) groups excluding carboxylic acids is 3. The van der Waals surface area contributed by atoms with Gasteiger partial charge in [0.25, 0.3) is 0 Å². The molecule has 1 saturated heterocycles. The minimum atomic E-state index is -0.538. The maximum atomic E-state index is 13.0. The highest BCUT2D eigenvalue weighted by atomic mass is 32.1. The van der Waals surface area contributed by atoms with E-state index in [1.54, 1.807) is 13.8 Å². The number of anilines is 1. The molecule has 1 fully saturated rings. The van der Waals surface area contributed by atoms with Crippen molar-refractivity contribution in [1.29, 1.82) is 0 Å². The van der Waals surface area contributed by atoms with Gasteiger partial charge in [-0.3, -0.25) is 14.5 Å². The summed E-state index contributed by atoms with van der Waals surface area (Å²) >= 11 is 1.12. The molecular formula is C24H28N2O6S. The van der Waals surface area contributed by atoms with Crippen LogP contribution < -0.4 is 14.8 Å². The first-order chi connectivity index (χ1) is 15.9. The summed E-state index contributed by atoms with van der Waals surface area (Å²) < 4.78 is 16.5. The first-order valence-electron chi connectivity index (χ1n) is 11.1. The molecule has 9 heteroatoms. The van der Waals surface area contributed by atoms with E-state index in [1.807, 2.05) is 18.2 Å². The third-order valence-corrected chi connectivity index (χ3v) is 7.17. The van der Waals surface area contributed by atoms with Crippen LogP contribution >= 0.6 is 11.3 Å². The molecule has 4 rings (SSSR count). The Bertz CT molecular complexity index is 1080. The molecule has 0 spiro atoms. The molecule has 1 N–H and O–H groups in total. The summed E-state index contributed by atoms with van der Waals surface area (Å²) in [4.78, 5) is 40.0. The Hall–Kier alpha value is -2.91. The summed E-state index contributed by atoms with van der Waals surface area (Å²) in [6, 6.07) is 6.03. The van der Waals surface area contributed by atoms with Gasteiger partial charge in [-0.1, -0.05) is 6.07 Å². The van der Waals surface area contributed by atoms with E-state index in [0.717, 1.165) is 47.8 Å². The van der Waals surface area contributed by atoms with E-state index in [-0.39, 0.29) is 36.4 Å². The van der Waals surface area contributed by atoms with Gasteiger partial charge in [-0.05, 0) is 63.4 Å². The Kier molecular flexibility index (Phi) is 6.99. The van der Waals surface area contributed by atoms with Crippen LogP contribution in [0.3, 0.4) is 0 Å². The van der Waals surface area contributed by atoms with E-state index >= 15 is 0 Å². The number of esters is 1. The van der Waals surface area contributed by atoms with Gasteiger partial charge in [0.2, 0.25) is 5.91 Å². The van der Waals surface area contributed by atoms with E-state index in [2.05, 4.69) is 10.2 Å². The van der Waals surface area contributed by atoms with E-state index < -0.39 is 5.97 Å². The topological polar surface area (TPSA) is 94.2 Å². The van der Waals surface area contributed by atoms with Gasteiger partial charge < -0.3 is 19.5 Å². The van der Waals surface area contributed by atoms with E-state index in [9.17, 15) is 14.4 Å². The average molecular weight is 473 g/mol. The molecule has 2 aromatic rings. The molecule has 1 atom stereocenters. The molecule has 0 aliphatic carbocycles. The fourth-order valence-corrected chi connectivity index (χ4v) is 5.50. The number of carbonyl (C=O) groups is 3. The SMILES string of the molecule is CCOC(=O)c1c(NC(=O)CN2CCC[C@H]2c2ccc3c(c2)OCCO3)sc(C(C)=O)c1C. The molecule has 176 valence electrons. The van der Waals surface area contributed by atoms with E-state index in [1.165, 1.54) is 6.92 Å². The van der Waals surface area contributed by atoms with Crippen molar-refractivity contribution in [3.63, 3.8) is 0 Å². The van der Waals surface area contributed by atoms with Crippen LogP contribution in [-0.4, -0.2) is 55.5 Å². The number of ketones is 1. The summed E-state index contributed by atoms with van der Waals surface area (Å²) in [7, 11) is 0. The van der Waals surface area contributed by atoms with Crippen LogP contribution in [0, 0.1) is 6.92 Å². The molecule has 1 aromatic heterocycles. The van der Waals surface area contributed by atoms with Gasteiger partial charge in [-0.15, -0.1) is 11.3 Å². The zero-order valence-corrected chi connectivity index (χ0v) is 19.9. The molecule has 2 aliphatic heterocycles. The standard InChI is InChI=1S/C24H28N2O6S/c1-4-30-24(29)21-14(2)22(15(3)27)33-23(21)25-20(28)13-26-9-5-6-17(26)16-7-8-18-19(12-16)32-11-10-31-18/h7-8,12,17H,4-6,9-11,13H2,1-3H3,(H,25,28)/t17-/m0/s1. The Morgan fingerprint density at radius 1 is 1.21 bits per heavy atom. The van der Waals surface area contributed by atoms with Gasteiger partial charge >= 0.3 is 5.97 Å². The third-order valence-electron chi connectivity index (χ3n) is 5.86. The van der Waals surface area contributed by atoms with Crippen LogP contribution in [0.2, 0.25) is 0 Å². The normalized spacial score (nSPS) is 17.6. The summed E-state index contributed by atoms with van der Waals surface area (Å²) in [5.74, 6) is 0.556. The Morgan fingerprint density at radius 2 is 1.97 bits per heavy atom. The minimum Gasteiger partial charge on any atom is -0.486 e. The first-order valence-corrected chi connectivity index (χ1v) is 12.0. The number of hydrogen-bond donors (Lipinski definition) is 1. The van der Waals surface area contributed by atoms with Crippen LogP contribution in [-0.2, 0) is 9.53 Å². The summed E-state index contributed by atoms with van der Waals surface area (Å²) in [5.41, 5.74) is 1.88. The maximum Gasteiger partial charge on any atom is 0.341 e. The molecule has 0 saturated carbocycles. The summed E-state index contributed by atoms with van der Waals surface area (Å²) in [6.07, 6.45) is 1.92. The van der Waals surface area contributed by atoms with Crippen molar-refractivity contribution in [2.75, 3.05) is 38.2 Å². The molecule has 0 unspecified atom stereocenters. The molecular weight excluding hydrogens is 444 g/mol. The number of nitrogens with zero attached hydrogens (tertiary/aromatic N) is 1. The molecule has 0 radical (unpaired) electrons. The molecule has 8 nitrogen and oxygen atoms in total. The number of thiophene rings is 1. The van der Waals surface area contributed by atoms with E-state index in [4.69, 9.17) is 14.2 Å².